The van der Waals surface area contributed by atoms with Crippen molar-refractivity contribution in [3.05, 3.63) is 39.2 Å². The predicted molar refractivity (Wildman–Crippen MR) is 79.8 cm³/mol. The Morgan fingerprint density at radius 2 is 1.95 bits per heavy atom. The van der Waals surface area contributed by atoms with Gasteiger partial charge in [0, 0.05) is 21.4 Å². The van der Waals surface area contributed by atoms with Crippen LogP contribution in [0.4, 0.5) is 0 Å². The van der Waals surface area contributed by atoms with Crippen molar-refractivity contribution >= 4 is 26.7 Å². The summed E-state index contributed by atoms with van der Waals surface area (Å²) in [4.78, 5) is 14.4. The molecule has 1 aliphatic rings. The van der Waals surface area contributed by atoms with Gasteiger partial charge in [0.2, 0.25) is 0 Å². The van der Waals surface area contributed by atoms with Gasteiger partial charge in [-0.2, -0.15) is 0 Å². The number of rotatable bonds is 2. The zero-order chi connectivity index (χ0) is 13.2. The number of aromatic amines is 1. The van der Waals surface area contributed by atoms with Gasteiger partial charge in [0.05, 0.1) is 6.10 Å². The van der Waals surface area contributed by atoms with Crippen LogP contribution in [0.25, 0.3) is 10.8 Å². The van der Waals surface area contributed by atoms with E-state index >= 15 is 0 Å². The molecule has 0 radical (unpaired) electrons. The summed E-state index contributed by atoms with van der Waals surface area (Å²) in [5.41, 5.74) is -0.0672. The number of ether oxygens (including phenoxy) is 1. The molecular weight excluding hydrogens is 306 g/mol. The molecule has 0 spiro atoms. The van der Waals surface area contributed by atoms with Gasteiger partial charge in [-0.1, -0.05) is 6.42 Å². The largest absolute Gasteiger partial charge is 0.490 e. The standard InChI is InChI=1S/C15H16BrNO2/c16-14-9-17-15(18)12-7-6-11(8-13(12)14)19-10-4-2-1-3-5-10/h6-10H,1-5H2,(H,17,18). The van der Waals surface area contributed by atoms with Crippen LogP contribution in [0.3, 0.4) is 0 Å². The summed E-state index contributed by atoms with van der Waals surface area (Å²) in [5, 5.41) is 1.59. The van der Waals surface area contributed by atoms with Crippen molar-refractivity contribution < 1.29 is 4.74 Å². The van der Waals surface area contributed by atoms with E-state index in [-0.39, 0.29) is 5.56 Å². The van der Waals surface area contributed by atoms with Crippen molar-refractivity contribution in [1.29, 1.82) is 0 Å². The van der Waals surface area contributed by atoms with Gasteiger partial charge in [-0.05, 0) is 59.8 Å². The number of H-pyrrole nitrogens is 1. The maximum absolute atomic E-state index is 11.7. The van der Waals surface area contributed by atoms with Gasteiger partial charge in [0.1, 0.15) is 5.75 Å². The van der Waals surface area contributed by atoms with E-state index in [4.69, 9.17) is 4.74 Å². The third-order valence-corrected chi connectivity index (χ3v) is 4.33. The van der Waals surface area contributed by atoms with Gasteiger partial charge in [0.25, 0.3) is 5.56 Å². The number of benzene rings is 1. The first-order valence-corrected chi connectivity index (χ1v) is 7.51. The highest BCUT2D eigenvalue weighted by Crippen LogP contribution is 2.28. The van der Waals surface area contributed by atoms with Crippen LogP contribution in [0.1, 0.15) is 32.1 Å². The molecule has 1 aromatic heterocycles. The second kappa shape index (κ2) is 5.37. The number of hydrogen-bond acceptors (Lipinski definition) is 2. The molecule has 3 nitrogen and oxygen atoms in total. The first-order chi connectivity index (χ1) is 9.24. The topological polar surface area (TPSA) is 42.1 Å². The Morgan fingerprint density at radius 1 is 1.16 bits per heavy atom. The Bertz CT molecular complexity index is 644. The van der Waals surface area contributed by atoms with Crippen molar-refractivity contribution in [2.75, 3.05) is 0 Å². The van der Waals surface area contributed by atoms with Crippen molar-refractivity contribution in [3.63, 3.8) is 0 Å². The van der Waals surface area contributed by atoms with E-state index in [0.29, 0.717) is 11.5 Å². The van der Waals surface area contributed by atoms with Gasteiger partial charge in [-0.25, -0.2) is 0 Å². The van der Waals surface area contributed by atoms with E-state index in [9.17, 15) is 4.79 Å². The Labute approximate surface area is 120 Å². The van der Waals surface area contributed by atoms with Gasteiger partial charge in [0.15, 0.2) is 0 Å². The van der Waals surface area contributed by atoms with E-state index < -0.39 is 0 Å². The van der Waals surface area contributed by atoms with E-state index in [2.05, 4.69) is 20.9 Å². The fourth-order valence-corrected chi connectivity index (χ4v) is 3.09. The summed E-state index contributed by atoms with van der Waals surface area (Å²) in [6.45, 7) is 0. The van der Waals surface area contributed by atoms with Gasteiger partial charge < -0.3 is 9.72 Å². The van der Waals surface area contributed by atoms with Crippen LogP contribution in [0.2, 0.25) is 0 Å². The molecule has 0 aliphatic heterocycles. The first kappa shape index (κ1) is 12.7. The monoisotopic (exact) mass is 321 g/mol. The summed E-state index contributed by atoms with van der Waals surface area (Å²) in [6, 6.07) is 5.67. The zero-order valence-electron chi connectivity index (χ0n) is 10.6. The molecule has 1 N–H and O–H groups in total. The molecule has 100 valence electrons. The lowest BCUT2D eigenvalue weighted by Gasteiger charge is -2.23. The number of nitrogens with one attached hydrogen (secondary N) is 1. The molecule has 1 fully saturated rings. The van der Waals surface area contributed by atoms with Crippen LogP contribution in [0.15, 0.2) is 33.7 Å². The number of aromatic nitrogens is 1. The lowest BCUT2D eigenvalue weighted by Crippen LogP contribution is -2.19. The normalized spacial score (nSPS) is 16.7. The Morgan fingerprint density at radius 3 is 2.74 bits per heavy atom. The minimum atomic E-state index is -0.0672. The van der Waals surface area contributed by atoms with Crippen LogP contribution in [-0.2, 0) is 0 Å². The van der Waals surface area contributed by atoms with Crippen LogP contribution in [0.5, 0.6) is 5.75 Å². The molecule has 1 aliphatic carbocycles. The fraction of sp³-hybridized carbons (Fsp3) is 0.400. The molecule has 0 saturated heterocycles. The van der Waals surface area contributed by atoms with E-state index in [1.54, 1.807) is 6.20 Å². The van der Waals surface area contributed by atoms with Crippen LogP contribution in [-0.4, -0.2) is 11.1 Å². The maximum atomic E-state index is 11.7. The summed E-state index contributed by atoms with van der Waals surface area (Å²) in [7, 11) is 0. The quantitative estimate of drug-likeness (QED) is 0.908. The summed E-state index contributed by atoms with van der Waals surface area (Å²) in [6.07, 6.45) is 8.09. The number of fused-ring (bicyclic) bond motifs is 1. The van der Waals surface area contributed by atoms with Crippen molar-refractivity contribution in [2.24, 2.45) is 0 Å². The van der Waals surface area contributed by atoms with Gasteiger partial charge >= 0.3 is 0 Å². The third kappa shape index (κ3) is 2.68. The smallest absolute Gasteiger partial charge is 0.255 e. The highest BCUT2D eigenvalue weighted by atomic mass is 79.9. The molecule has 19 heavy (non-hydrogen) atoms. The van der Waals surface area contributed by atoms with Crippen LogP contribution in [0, 0.1) is 0 Å². The molecule has 1 heterocycles. The van der Waals surface area contributed by atoms with Gasteiger partial charge in [-0.3, -0.25) is 4.79 Å². The second-order valence-electron chi connectivity index (χ2n) is 5.05. The van der Waals surface area contributed by atoms with E-state index in [1.165, 1.54) is 19.3 Å². The van der Waals surface area contributed by atoms with Crippen LogP contribution < -0.4 is 10.3 Å². The number of halogens is 1. The predicted octanol–water partition coefficient (Wildman–Crippen LogP) is 4.00. The summed E-state index contributed by atoms with van der Waals surface area (Å²) in [5.74, 6) is 0.853. The average Bonchev–Trinajstić information content (AvgIpc) is 2.44. The Hall–Kier alpha value is -1.29. The second-order valence-corrected chi connectivity index (χ2v) is 5.91. The fourth-order valence-electron chi connectivity index (χ4n) is 2.65. The first-order valence-electron chi connectivity index (χ1n) is 6.71. The SMILES string of the molecule is O=c1[nH]cc(Br)c2cc(OC3CCCCC3)ccc12. The molecule has 0 unspecified atom stereocenters. The molecule has 1 saturated carbocycles. The van der Waals surface area contributed by atoms with Crippen LogP contribution >= 0.6 is 15.9 Å². The zero-order valence-corrected chi connectivity index (χ0v) is 12.2. The highest BCUT2D eigenvalue weighted by Gasteiger charge is 2.15. The molecular formula is C15H16BrNO2. The molecule has 3 rings (SSSR count). The Kier molecular flexibility index (Phi) is 3.60. The average molecular weight is 322 g/mol. The third-order valence-electron chi connectivity index (χ3n) is 3.68. The molecule has 1 aromatic carbocycles. The molecule has 4 heteroatoms. The molecule has 2 aromatic rings. The summed E-state index contributed by atoms with van der Waals surface area (Å²) >= 11 is 3.46. The number of pyridine rings is 1. The number of hydrogen-bond donors (Lipinski definition) is 1. The molecule has 0 bridgehead atoms. The lowest BCUT2D eigenvalue weighted by molar-refractivity contribution is 0.155. The van der Waals surface area contributed by atoms with Crippen molar-refractivity contribution in [3.8, 4) is 5.75 Å². The highest BCUT2D eigenvalue weighted by molar-refractivity contribution is 9.10. The molecule has 0 atom stereocenters. The minimum absolute atomic E-state index is 0.0672. The lowest BCUT2D eigenvalue weighted by atomic mass is 9.98. The van der Waals surface area contributed by atoms with Gasteiger partial charge in [-0.15, -0.1) is 0 Å². The molecule has 0 amide bonds. The van der Waals surface area contributed by atoms with E-state index in [0.717, 1.165) is 28.5 Å². The van der Waals surface area contributed by atoms with Crippen molar-refractivity contribution in [2.45, 2.75) is 38.2 Å². The van der Waals surface area contributed by atoms with Crippen molar-refractivity contribution in [1.82, 2.24) is 4.98 Å². The Balaban J connectivity index is 1.92. The van der Waals surface area contributed by atoms with E-state index in [1.807, 2.05) is 18.2 Å². The summed E-state index contributed by atoms with van der Waals surface area (Å²) < 4.78 is 6.91. The minimum Gasteiger partial charge on any atom is -0.490 e. The maximum Gasteiger partial charge on any atom is 0.255 e.